The van der Waals surface area contributed by atoms with Gasteiger partial charge in [-0.05, 0) is 11.1 Å². The van der Waals surface area contributed by atoms with Gasteiger partial charge in [-0.2, -0.15) is 0 Å². The molecule has 0 aliphatic rings. The smallest absolute Gasteiger partial charge is 0.264 e. The molecule has 2 N–H and O–H groups in total. The Morgan fingerprint density at radius 2 is 1.31 bits per heavy atom. The van der Waals surface area contributed by atoms with E-state index in [1.807, 2.05) is 91.0 Å². The normalized spacial score (nSPS) is 10.7. The zero-order valence-electron chi connectivity index (χ0n) is 15.6. The molecule has 0 fully saturated rings. The van der Waals surface area contributed by atoms with E-state index in [0.717, 1.165) is 16.7 Å². The van der Waals surface area contributed by atoms with Crippen LogP contribution in [0.2, 0.25) is 0 Å². The first kappa shape index (κ1) is 18.4. The number of hydrogen-bond donors (Lipinski definition) is 2. The highest BCUT2D eigenvalue weighted by molar-refractivity contribution is 5.94. The summed E-state index contributed by atoms with van der Waals surface area (Å²) in [5.41, 5.74) is 2.13. The van der Waals surface area contributed by atoms with E-state index in [1.54, 1.807) is 0 Å². The van der Waals surface area contributed by atoms with Crippen LogP contribution < -0.4 is 10.9 Å². The molecule has 0 radical (unpaired) electrons. The van der Waals surface area contributed by atoms with Crippen molar-refractivity contribution in [3.8, 4) is 11.4 Å². The van der Waals surface area contributed by atoms with Crippen LogP contribution in [0.15, 0.2) is 102 Å². The standard InChI is InChI=1S/C24H19N3O2/c28-23(20-16-25-22(27-24(20)29)19-14-8-3-9-15-19)26-21(17-10-4-1-5-11-17)18-12-6-2-7-13-18/h1-16,21H,(H,26,28)(H,25,27,29). The molecule has 5 nitrogen and oxygen atoms in total. The van der Waals surface area contributed by atoms with Crippen LogP contribution in [0.25, 0.3) is 11.4 Å². The molecule has 1 heterocycles. The van der Waals surface area contributed by atoms with Gasteiger partial charge in [0.05, 0.1) is 6.04 Å². The second-order valence-corrected chi connectivity index (χ2v) is 6.57. The summed E-state index contributed by atoms with van der Waals surface area (Å²) in [5, 5.41) is 2.97. The summed E-state index contributed by atoms with van der Waals surface area (Å²) >= 11 is 0. The second-order valence-electron chi connectivity index (χ2n) is 6.57. The van der Waals surface area contributed by atoms with Crippen LogP contribution >= 0.6 is 0 Å². The molecule has 0 bridgehead atoms. The highest BCUT2D eigenvalue weighted by atomic mass is 16.2. The second kappa shape index (κ2) is 8.35. The van der Waals surface area contributed by atoms with E-state index in [4.69, 9.17) is 0 Å². The number of carbonyl (C=O) groups is 1. The van der Waals surface area contributed by atoms with Crippen molar-refractivity contribution in [1.29, 1.82) is 0 Å². The Morgan fingerprint density at radius 3 is 1.83 bits per heavy atom. The molecular formula is C24H19N3O2. The lowest BCUT2D eigenvalue weighted by molar-refractivity contribution is 0.0941. The molecule has 0 aliphatic heterocycles. The molecule has 0 saturated heterocycles. The molecular weight excluding hydrogens is 362 g/mol. The van der Waals surface area contributed by atoms with E-state index in [2.05, 4.69) is 15.3 Å². The van der Waals surface area contributed by atoms with Gasteiger partial charge in [-0.3, -0.25) is 9.59 Å². The summed E-state index contributed by atoms with van der Waals surface area (Å²) in [6, 6.07) is 28.2. The summed E-state index contributed by atoms with van der Waals surface area (Å²) in [7, 11) is 0. The van der Waals surface area contributed by atoms with E-state index >= 15 is 0 Å². The third-order valence-electron chi connectivity index (χ3n) is 4.63. The Labute approximate surface area is 168 Å². The molecule has 4 aromatic rings. The van der Waals surface area contributed by atoms with Gasteiger partial charge in [0.1, 0.15) is 11.4 Å². The van der Waals surface area contributed by atoms with E-state index in [0.29, 0.717) is 5.82 Å². The topological polar surface area (TPSA) is 74.8 Å². The van der Waals surface area contributed by atoms with Crippen molar-refractivity contribution in [3.63, 3.8) is 0 Å². The number of hydrogen-bond acceptors (Lipinski definition) is 3. The molecule has 5 heteroatoms. The highest BCUT2D eigenvalue weighted by Gasteiger charge is 2.20. The summed E-state index contributed by atoms with van der Waals surface area (Å²) in [5.74, 6) is -0.0501. The molecule has 0 unspecified atom stereocenters. The van der Waals surface area contributed by atoms with Crippen LogP contribution in [0.4, 0.5) is 0 Å². The van der Waals surface area contributed by atoms with Crippen LogP contribution in [0, 0.1) is 0 Å². The number of carbonyl (C=O) groups excluding carboxylic acids is 1. The molecule has 1 aromatic heterocycles. The van der Waals surface area contributed by atoms with Crippen molar-refractivity contribution < 1.29 is 4.79 Å². The predicted molar refractivity (Wildman–Crippen MR) is 112 cm³/mol. The van der Waals surface area contributed by atoms with E-state index in [-0.39, 0.29) is 11.6 Å². The molecule has 3 aromatic carbocycles. The summed E-state index contributed by atoms with van der Waals surface area (Å²) in [4.78, 5) is 32.4. The SMILES string of the molecule is O=C(NC(c1ccccc1)c1ccccc1)c1cnc(-c2ccccc2)[nH]c1=O. The first-order valence-corrected chi connectivity index (χ1v) is 9.28. The quantitative estimate of drug-likeness (QED) is 0.550. The van der Waals surface area contributed by atoms with Gasteiger partial charge in [-0.1, -0.05) is 91.0 Å². The fourth-order valence-corrected chi connectivity index (χ4v) is 3.16. The van der Waals surface area contributed by atoms with Gasteiger partial charge in [-0.25, -0.2) is 4.98 Å². The van der Waals surface area contributed by atoms with Crippen molar-refractivity contribution in [2.45, 2.75) is 6.04 Å². The maximum Gasteiger partial charge on any atom is 0.264 e. The average Bonchev–Trinajstić information content (AvgIpc) is 2.79. The van der Waals surface area contributed by atoms with Gasteiger partial charge < -0.3 is 10.3 Å². The number of nitrogens with zero attached hydrogens (tertiary/aromatic N) is 1. The molecule has 1 amide bonds. The van der Waals surface area contributed by atoms with Gasteiger partial charge in [-0.15, -0.1) is 0 Å². The summed E-state index contributed by atoms with van der Waals surface area (Å²) < 4.78 is 0. The number of nitrogens with one attached hydrogen (secondary N) is 2. The first-order valence-electron chi connectivity index (χ1n) is 9.28. The van der Waals surface area contributed by atoms with Crippen molar-refractivity contribution in [1.82, 2.24) is 15.3 Å². The molecule has 142 valence electrons. The number of benzene rings is 3. The number of amides is 1. The van der Waals surface area contributed by atoms with Crippen LogP contribution in [0.3, 0.4) is 0 Å². The van der Waals surface area contributed by atoms with Crippen molar-refractivity contribution >= 4 is 5.91 Å². The predicted octanol–water partition coefficient (Wildman–Crippen LogP) is 3.96. The van der Waals surface area contributed by atoms with E-state index < -0.39 is 11.5 Å². The van der Waals surface area contributed by atoms with E-state index in [9.17, 15) is 9.59 Å². The molecule has 29 heavy (non-hydrogen) atoms. The van der Waals surface area contributed by atoms with E-state index in [1.165, 1.54) is 6.20 Å². The Bertz CT molecular complexity index is 1120. The minimum absolute atomic E-state index is 0.0263. The molecule has 0 spiro atoms. The lowest BCUT2D eigenvalue weighted by atomic mass is 9.98. The Kier molecular flexibility index (Phi) is 5.29. The Morgan fingerprint density at radius 1 is 0.793 bits per heavy atom. The number of aromatic amines is 1. The van der Waals surface area contributed by atoms with Crippen LogP contribution in [-0.2, 0) is 0 Å². The maximum absolute atomic E-state index is 12.9. The molecule has 0 saturated carbocycles. The number of aromatic nitrogens is 2. The third kappa shape index (κ3) is 4.14. The lowest BCUT2D eigenvalue weighted by Gasteiger charge is -2.19. The van der Waals surface area contributed by atoms with Gasteiger partial charge in [0.25, 0.3) is 11.5 Å². The zero-order valence-corrected chi connectivity index (χ0v) is 15.6. The van der Waals surface area contributed by atoms with Gasteiger partial charge in [0.15, 0.2) is 0 Å². The lowest BCUT2D eigenvalue weighted by Crippen LogP contribution is -2.33. The Hall–Kier alpha value is -3.99. The zero-order chi connectivity index (χ0) is 20.1. The number of H-pyrrole nitrogens is 1. The summed E-state index contributed by atoms with van der Waals surface area (Å²) in [6.45, 7) is 0. The molecule has 4 rings (SSSR count). The van der Waals surface area contributed by atoms with Crippen molar-refractivity contribution in [2.24, 2.45) is 0 Å². The largest absolute Gasteiger partial charge is 0.341 e. The Balaban J connectivity index is 1.64. The van der Waals surface area contributed by atoms with Gasteiger partial charge in [0.2, 0.25) is 0 Å². The molecule has 0 aliphatic carbocycles. The minimum atomic E-state index is -0.476. The monoisotopic (exact) mass is 381 g/mol. The third-order valence-corrected chi connectivity index (χ3v) is 4.63. The highest BCUT2D eigenvalue weighted by Crippen LogP contribution is 2.22. The van der Waals surface area contributed by atoms with Crippen molar-refractivity contribution in [3.05, 3.63) is 124 Å². The van der Waals surface area contributed by atoms with Crippen molar-refractivity contribution in [2.75, 3.05) is 0 Å². The van der Waals surface area contributed by atoms with Crippen LogP contribution in [0.5, 0.6) is 0 Å². The average molecular weight is 381 g/mol. The fourth-order valence-electron chi connectivity index (χ4n) is 3.16. The first-order chi connectivity index (χ1) is 14.2. The van der Waals surface area contributed by atoms with Crippen LogP contribution in [-0.4, -0.2) is 15.9 Å². The van der Waals surface area contributed by atoms with Gasteiger partial charge in [0, 0.05) is 11.8 Å². The van der Waals surface area contributed by atoms with Gasteiger partial charge >= 0.3 is 0 Å². The maximum atomic E-state index is 12.9. The summed E-state index contributed by atoms with van der Waals surface area (Å²) in [6.07, 6.45) is 1.32. The fraction of sp³-hybridized carbons (Fsp3) is 0.0417. The molecule has 0 atom stereocenters. The minimum Gasteiger partial charge on any atom is -0.341 e. The van der Waals surface area contributed by atoms with Crippen LogP contribution in [0.1, 0.15) is 27.5 Å². The number of rotatable bonds is 5.